The first kappa shape index (κ1) is 17.0. The van der Waals surface area contributed by atoms with Gasteiger partial charge in [0.05, 0.1) is 16.6 Å². The monoisotopic (exact) mass is 317 g/mol. The van der Waals surface area contributed by atoms with Gasteiger partial charge >= 0.3 is 5.97 Å². The van der Waals surface area contributed by atoms with Gasteiger partial charge in [-0.2, -0.15) is 5.10 Å². The molecule has 0 bridgehead atoms. The lowest BCUT2D eigenvalue weighted by molar-refractivity contribution is -0.143. The summed E-state index contributed by atoms with van der Waals surface area (Å²) < 4.78 is 5.38. The molecule has 1 aromatic heterocycles. The van der Waals surface area contributed by atoms with Crippen molar-refractivity contribution in [3.8, 4) is 5.75 Å². The van der Waals surface area contributed by atoms with Crippen LogP contribution < -0.4 is 4.74 Å². The number of nitrogens with zero attached hydrogens (tertiary/aromatic N) is 2. The molecule has 0 spiro atoms. The second-order valence-corrected chi connectivity index (χ2v) is 6.81. The van der Waals surface area contributed by atoms with Crippen LogP contribution in [0.15, 0.2) is 18.2 Å². The minimum absolute atomic E-state index is 0.0666. The Balaban J connectivity index is 2.14. The third kappa shape index (κ3) is 4.09. The van der Waals surface area contributed by atoms with E-state index in [2.05, 4.69) is 10.2 Å². The number of H-pyrrole nitrogens is 1. The van der Waals surface area contributed by atoms with E-state index in [0.29, 0.717) is 18.6 Å². The third-order valence-electron chi connectivity index (χ3n) is 3.51. The highest BCUT2D eigenvalue weighted by atomic mass is 16.5. The van der Waals surface area contributed by atoms with E-state index in [1.54, 1.807) is 31.1 Å². The van der Waals surface area contributed by atoms with Crippen LogP contribution in [-0.4, -0.2) is 41.1 Å². The van der Waals surface area contributed by atoms with Crippen molar-refractivity contribution in [2.75, 3.05) is 14.1 Å². The molecule has 1 amide bonds. The van der Waals surface area contributed by atoms with Crippen molar-refractivity contribution < 1.29 is 14.3 Å². The molecule has 0 fully saturated rings. The smallest absolute Gasteiger partial charge is 0.316 e. The standard InChI is InChI=1S/C17H23N3O3/c1-17(2,3)16(22)23-11-6-7-12-13(18-19-14(12)10-11)8-9-15(21)20(4)5/h6-7,10H,8-9H2,1-5H3,(H,18,19). The fourth-order valence-corrected chi connectivity index (χ4v) is 2.02. The molecule has 6 nitrogen and oxygen atoms in total. The number of fused-ring (bicyclic) bond motifs is 1. The quantitative estimate of drug-likeness (QED) is 0.694. The van der Waals surface area contributed by atoms with Crippen molar-refractivity contribution in [2.45, 2.75) is 33.6 Å². The van der Waals surface area contributed by atoms with E-state index in [0.717, 1.165) is 16.6 Å². The summed E-state index contributed by atoms with van der Waals surface area (Å²) in [5, 5.41) is 8.12. The summed E-state index contributed by atoms with van der Waals surface area (Å²) in [5.41, 5.74) is 1.07. The summed E-state index contributed by atoms with van der Waals surface area (Å²) in [7, 11) is 3.47. The zero-order chi connectivity index (χ0) is 17.2. The number of hydrogen-bond acceptors (Lipinski definition) is 4. The second kappa shape index (κ2) is 6.40. The molecule has 6 heteroatoms. The molecule has 23 heavy (non-hydrogen) atoms. The lowest BCUT2D eigenvalue weighted by atomic mass is 9.97. The summed E-state index contributed by atoms with van der Waals surface area (Å²) in [6.45, 7) is 5.43. The Kier molecular flexibility index (Phi) is 4.73. The van der Waals surface area contributed by atoms with Crippen molar-refractivity contribution in [3.63, 3.8) is 0 Å². The highest BCUT2D eigenvalue weighted by Crippen LogP contribution is 2.25. The fraction of sp³-hybridized carbons (Fsp3) is 0.471. The lowest BCUT2D eigenvalue weighted by Gasteiger charge is -2.16. The Labute approximate surface area is 135 Å². The summed E-state index contributed by atoms with van der Waals surface area (Å²) in [5.74, 6) is 0.266. The molecular formula is C17H23N3O3. The van der Waals surface area contributed by atoms with Gasteiger partial charge in [0, 0.05) is 38.4 Å². The number of carbonyl (C=O) groups excluding carboxylic acids is 2. The average Bonchev–Trinajstić information content (AvgIpc) is 2.85. The Morgan fingerprint density at radius 2 is 1.96 bits per heavy atom. The molecule has 0 unspecified atom stereocenters. The van der Waals surface area contributed by atoms with Gasteiger partial charge in [-0.1, -0.05) is 0 Å². The first-order valence-electron chi connectivity index (χ1n) is 7.58. The molecule has 1 heterocycles. The van der Waals surface area contributed by atoms with Crippen LogP contribution in [0.3, 0.4) is 0 Å². The van der Waals surface area contributed by atoms with E-state index in [-0.39, 0.29) is 11.9 Å². The molecule has 1 N–H and O–H groups in total. The highest BCUT2D eigenvalue weighted by Gasteiger charge is 2.24. The maximum atomic E-state index is 11.9. The van der Waals surface area contributed by atoms with Gasteiger partial charge in [0.1, 0.15) is 5.75 Å². The van der Waals surface area contributed by atoms with E-state index in [1.165, 1.54) is 0 Å². The van der Waals surface area contributed by atoms with Gasteiger partial charge in [-0.05, 0) is 32.9 Å². The summed E-state index contributed by atoms with van der Waals surface area (Å²) in [6, 6.07) is 5.36. The topological polar surface area (TPSA) is 75.3 Å². The number of rotatable bonds is 4. The van der Waals surface area contributed by atoms with E-state index < -0.39 is 5.41 Å². The fourth-order valence-electron chi connectivity index (χ4n) is 2.02. The SMILES string of the molecule is CN(C)C(=O)CCc1n[nH]c2cc(OC(=O)C(C)(C)C)ccc12. The molecule has 0 aliphatic heterocycles. The van der Waals surface area contributed by atoms with Crippen molar-refractivity contribution >= 4 is 22.8 Å². The molecular weight excluding hydrogens is 294 g/mol. The third-order valence-corrected chi connectivity index (χ3v) is 3.51. The number of aromatic amines is 1. The van der Waals surface area contributed by atoms with Gasteiger partial charge in [0.25, 0.3) is 0 Å². The predicted octanol–water partition coefficient (Wildman–Crippen LogP) is 2.54. The number of ether oxygens (including phenoxy) is 1. The van der Waals surface area contributed by atoms with Crippen molar-refractivity contribution in [2.24, 2.45) is 5.41 Å². The Bertz CT molecular complexity index is 726. The van der Waals surface area contributed by atoms with Gasteiger partial charge < -0.3 is 9.64 Å². The van der Waals surface area contributed by atoms with Crippen LogP contribution >= 0.6 is 0 Å². The second-order valence-electron chi connectivity index (χ2n) is 6.81. The molecule has 0 aliphatic carbocycles. The molecule has 124 valence electrons. The summed E-state index contributed by atoms with van der Waals surface area (Å²) in [6.07, 6.45) is 0.978. The predicted molar refractivity (Wildman–Crippen MR) is 88.2 cm³/mol. The van der Waals surface area contributed by atoms with Gasteiger partial charge in [-0.25, -0.2) is 0 Å². The molecule has 1 aromatic carbocycles. The van der Waals surface area contributed by atoms with Gasteiger partial charge in [-0.15, -0.1) is 0 Å². The first-order valence-corrected chi connectivity index (χ1v) is 7.58. The average molecular weight is 317 g/mol. The number of carbonyl (C=O) groups is 2. The number of amides is 1. The number of nitrogens with one attached hydrogen (secondary N) is 1. The summed E-state index contributed by atoms with van der Waals surface area (Å²) in [4.78, 5) is 25.2. The minimum atomic E-state index is -0.555. The van der Waals surface area contributed by atoms with E-state index in [1.807, 2.05) is 26.8 Å². The first-order chi connectivity index (χ1) is 10.7. The number of esters is 1. The van der Waals surface area contributed by atoms with Crippen LogP contribution in [0.25, 0.3) is 10.9 Å². The zero-order valence-electron chi connectivity index (χ0n) is 14.3. The summed E-state index contributed by atoms with van der Waals surface area (Å²) >= 11 is 0. The van der Waals surface area contributed by atoms with Crippen LogP contribution in [0.5, 0.6) is 5.75 Å². The Morgan fingerprint density at radius 3 is 2.57 bits per heavy atom. The van der Waals surface area contributed by atoms with Crippen molar-refractivity contribution in [1.82, 2.24) is 15.1 Å². The van der Waals surface area contributed by atoms with E-state index >= 15 is 0 Å². The largest absolute Gasteiger partial charge is 0.426 e. The Morgan fingerprint density at radius 1 is 1.26 bits per heavy atom. The number of hydrogen-bond donors (Lipinski definition) is 1. The number of benzene rings is 1. The van der Waals surface area contributed by atoms with Crippen LogP contribution in [0.4, 0.5) is 0 Å². The molecule has 2 aromatic rings. The number of aryl methyl sites for hydroxylation is 1. The van der Waals surface area contributed by atoms with Crippen molar-refractivity contribution in [1.29, 1.82) is 0 Å². The normalized spacial score (nSPS) is 11.5. The zero-order valence-corrected chi connectivity index (χ0v) is 14.3. The molecule has 0 saturated heterocycles. The highest BCUT2D eigenvalue weighted by molar-refractivity contribution is 5.85. The van der Waals surface area contributed by atoms with Gasteiger partial charge in [-0.3, -0.25) is 14.7 Å². The van der Waals surface area contributed by atoms with E-state index in [9.17, 15) is 9.59 Å². The molecule has 2 rings (SSSR count). The Hall–Kier alpha value is -2.37. The maximum Gasteiger partial charge on any atom is 0.316 e. The van der Waals surface area contributed by atoms with E-state index in [4.69, 9.17) is 4.74 Å². The minimum Gasteiger partial charge on any atom is -0.426 e. The maximum absolute atomic E-state index is 11.9. The van der Waals surface area contributed by atoms with Crippen LogP contribution in [0.2, 0.25) is 0 Å². The molecule has 0 radical (unpaired) electrons. The van der Waals surface area contributed by atoms with Gasteiger partial charge in [0.2, 0.25) is 5.91 Å². The lowest BCUT2D eigenvalue weighted by Crippen LogP contribution is -2.25. The van der Waals surface area contributed by atoms with Crippen molar-refractivity contribution in [3.05, 3.63) is 23.9 Å². The van der Waals surface area contributed by atoms with Crippen LogP contribution in [0.1, 0.15) is 32.9 Å². The van der Waals surface area contributed by atoms with Gasteiger partial charge in [0.15, 0.2) is 0 Å². The molecule has 0 saturated carbocycles. The van der Waals surface area contributed by atoms with Crippen LogP contribution in [0, 0.1) is 5.41 Å². The molecule has 0 aliphatic rings. The number of aromatic nitrogens is 2. The molecule has 0 atom stereocenters. The van der Waals surface area contributed by atoms with Crippen LogP contribution in [-0.2, 0) is 16.0 Å².